The molecular formula is C16H14F7N. The third-order valence-electron chi connectivity index (χ3n) is 2.87. The van der Waals surface area contributed by atoms with E-state index >= 15 is 0 Å². The van der Waals surface area contributed by atoms with Gasteiger partial charge in [-0.15, -0.1) is 0 Å². The maximum absolute atomic E-state index is 13.4. The highest BCUT2D eigenvalue weighted by atomic mass is 19.2. The van der Waals surface area contributed by atoms with Gasteiger partial charge in [0, 0.05) is 5.56 Å². The number of halogens is 7. The molecule has 0 saturated heterocycles. The lowest BCUT2D eigenvalue weighted by molar-refractivity contribution is 0.381. The Bertz CT molecular complexity index is 655. The van der Waals surface area contributed by atoms with Crippen LogP contribution < -0.4 is 5.32 Å². The van der Waals surface area contributed by atoms with E-state index in [2.05, 4.69) is 5.32 Å². The summed E-state index contributed by atoms with van der Waals surface area (Å²) >= 11 is 0. The normalized spacial score (nSPS) is 10.3. The van der Waals surface area contributed by atoms with Gasteiger partial charge in [0.05, 0.1) is 5.56 Å². The molecule has 1 N–H and O–H groups in total. The van der Waals surface area contributed by atoms with Gasteiger partial charge in [-0.1, -0.05) is 25.1 Å². The van der Waals surface area contributed by atoms with Gasteiger partial charge in [-0.3, -0.25) is 5.32 Å². The zero-order chi connectivity index (χ0) is 18.3. The SMILES string of the molecule is CCCNCF.Fc1ccccc1-c1c(F)c(F)c(F)c(F)c1F. The fourth-order valence-corrected chi connectivity index (χ4v) is 1.75. The van der Waals surface area contributed by atoms with Crippen molar-refractivity contribution >= 4 is 0 Å². The molecule has 0 atom stereocenters. The molecule has 24 heavy (non-hydrogen) atoms. The maximum atomic E-state index is 13.4. The van der Waals surface area contributed by atoms with Crippen LogP contribution in [0.4, 0.5) is 30.7 Å². The van der Waals surface area contributed by atoms with Crippen molar-refractivity contribution in [3.05, 3.63) is 59.2 Å². The van der Waals surface area contributed by atoms with E-state index in [4.69, 9.17) is 0 Å². The van der Waals surface area contributed by atoms with Crippen molar-refractivity contribution in [3.63, 3.8) is 0 Å². The summed E-state index contributed by atoms with van der Waals surface area (Å²) in [5, 5.41) is 2.53. The molecule has 8 heteroatoms. The predicted octanol–water partition coefficient (Wildman–Crippen LogP) is 5.10. The predicted molar refractivity (Wildman–Crippen MR) is 75.9 cm³/mol. The molecule has 0 heterocycles. The molecule has 0 saturated carbocycles. The highest BCUT2D eigenvalue weighted by Crippen LogP contribution is 2.32. The van der Waals surface area contributed by atoms with Crippen LogP contribution in [0.1, 0.15) is 13.3 Å². The van der Waals surface area contributed by atoms with Gasteiger partial charge >= 0.3 is 0 Å². The van der Waals surface area contributed by atoms with Gasteiger partial charge in [0.1, 0.15) is 12.6 Å². The summed E-state index contributed by atoms with van der Waals surface area (Å²) in [4.78, 5) is 0. The minimum atomic E-state index is -2.27. The molecule has 0 fully saturated rings. The molecular weight excluding hydrogens is 339 g/mol. The van der Waals surface area contributed by atoms with Crippen molar-refractivity contribution < 1.29 is 30.7 Å². The Morgan fingerprint density at radius 2 is 1.29 bits per heavy atom. The van der Waals surface area contributed by atoms with Crippen LogP contribution in [0.3, 0.4) is 0 Å². The van der Waals surface area contributed by atoms with Gasteiger partial charge in [0.15, 0.2) is 23.3 Å². The van der Waals surface area contributed by atoms with E-state index in [0.29, 0.717) is 0 Å². The van der Waals surface area contributed by atoms with Crippen LogP contribution >= 0.6 is 0 Å². The van der Waals surface area contributed by atoms with Crippen LogP contribution in [0.2, 0.25) is 0 Å². The lowest BCUT2D eigenvalue weighted by Crippen LogP contribution is -2.11. The van der Waals surface area contributed by atoms with Crippen molar-refractivity contribution in [2.24, 2.45) is 0 Å². The van der Waals surface area contributed by atoms with Gasteiger partial charge in [-0.25, -0.2) is 30.7 Å². The summed E-state index contributed by atoms with van der Waals surface area (Å²) in [6.45, 7) is 2.40. The van der Waals surface area contributed by atoms with Crippen molar-refractivity contribution in [2.45, 2.75) is 13.3 Å². The van der Waals surface area contributed by atoms with E-state index in [1.54, 1.807) is 0 Å². The summed E-state index contributed by atoms with van der Waals surface area (Å²) in [6, 6.07) is 4.22. The number of alkyl halides is 1. The van der Waals surface area contributed by atoms with E-state index in [9.17, 15) is 30.7 Å². The second kappa shape index (κ2) is 9.27. The zero-order valence-corrected chi connectivity index (χ0v) is 12.6. The van der Waals surface area contributed by atoms with Crippen molar-refractivity contribution in [1.29, 1.82) is 0 Å². The minimum Gasteiger partial charge on any atom is -0.290 e. The third kappa shape index (κ3) is 4.47. The molecule has 2 rings (SSSR count). The molecule has 0 unspecified atom stereocenters. The van der Waals surface area contributed by atoms with Gasteiger partial charge in [-0.2, -0.15) is 0 Å². The standard InChI is InChI=1S/C12H4F6.C4H10FN/c13-6-4-2-1-3-5(6)7-8(14)10(16)12(18)11(17)9(7)15;1-2-3-6-4-5/h1-4H;6H,2-4H2,1H3. The second-order valence-electron chi connectivity index (χ2n) is 4.56. The summed E-state index contributed by atoms with van der Waals surface area (Å²) in [5.41, 5.74) is -1.96. The Balaban J connectivity index is 0.000000413. The maximum Gasteiger partial charge on any atom is 0.200 e. The monoisotopic (exact) mass is 353 g/mol. The molecule has 0 amide bonds. The Labute approximate surface area is 134 Å². The largest absolute Gasteiger partial charge is 0.290 e. The summed E-state index contributed by atoms with van der Waals surface area (Å²) in [5.74, 6) is -11.7. The van der Waals surface area contributed by atoms with Crippen LogP contribution in [0.25, 0.3) is 11.1 Å². The van der Waals surface area contributed by atoms with E-state index in [1.807, 2.05) is 6.92 Å². The molecule has 0 aliphatic rings. The topological polar surface area (TPSA) is 12.0 Å². The van der Waals surface area contributed by atoms with Crippen LogP contribution in [-0.4, -0.2) is 13.3 Å². The number of benzene rings is 2. The highest BCUT2D eigenvalue weighted by Gasteiger charge is 2.27. The molecule has 2 aromatic carbocycles. The quantitative estimate of drug-likeness (QED) is 0.265. The Morgan fingerprint density at radius 1 is 0.792 bits per heavy atom. The molecule has 0 bridgehead atoms. The Kier molecular flexibility index (Phi) is 7.70. The van der Waals surface area contributed by atoms with Crippen molar-refractivity contribution in [1.82, 2.24) is 5.32 Å². The van der Waals surface area contributed by atoms with Gasteiger partial charge < -0.3 is 0 Å². The van der Waals surface area contributed by atoms with E-state index in [1.165, 1.54) is 12.1 Å². The summed E-state index contributed by atoms with van der Waals surface area (Å²) < 4.78 is 89.8. The Hall–Kier alpha value is -2.09. The van der Waals surface area contributed by atoms with Crippen LogP contribution in [0, 0.1) is 34.9 Å². The first-order chi connectivity index (χ1) is 11.4. The third-order valence-corrected chi connectivity index (χ3v) is 2.87. The average Bonchev–Trinajstić information content (AvgIpc) is 2.59. The van der Waals surface area contributed by atoms with Crippen LogP contribution in [0.5, 0.6) is 0 Å². The Morgan fingerprint density at radius 3 is 1.71 bits per heavy atom. The minimum absolute atomic E-state index is 0.395. The first kappa shape index (κ1) is 20.0. The van der Waals surface area contributed by atoms with Gasteiger partial charge in [0.2, 0.25) is 5.82 Å². The average molecular weight is 353 g/mol. The molecule has 0 spiro atoms. The molecule has 0 aliphatic carbocycles. The van der Waals surface area contributed by atoms with E-state index in [-0.39, 0.29) is 0 Å². The first-order valence-corrected chi connectivity index (χ1v) is 6.89. The zero-order valence-electron chi connectivity index (χ0n) is 12.6. The molecule has 2 aromatic rings. The molecule has 1 nitrogen and oxygen atoms in total. The van der Waals surface area contributed by atoms with Gasteiger partial charge in [-0.05, 0) is 19.0 Å². The van der Waals surface area contributed by atoms with Crippen LogP contribution in [0.15, 0.2) is 24.3 Å². The van der Waals surface area contributed by atoms with Crippen LogP contribution in [-0.2, 0) is 0 Å². The molecule has 132 valence electrons. The second-order valence-corrected chi connectivity index (χ2v) is 4.56. The molecule has 0 radical (unpaired) electrons. The number of hydrogen-bond donors (Lipinski definition) is 1. The van der Waals surface area contributed by atoms with E-state index in [0.717, 1.165) is 25.1 Å². The summed E-state index contributed by atoms with van der Waals surface area (Å²) in [7, 11) is 0. The molecule has 0 aromatic heterocycles. The van der Waals surface area contributed by atoms with Crippen molar-refractivity contribution in [2.75, 3.05) is 13.3 Å². The smallest absolute Gasteiger partial charge is 0.200 e. The highest BCUT2D eigenvalue weighted by molar-refractivity contribution is 5.65. The fourth-order valence-electron chi connectivity index (χ4n) is 1.75. The van der Waals surface area contributed by atoms with E-state index < -0.39 is 52.8 Å². The lowest BCUT2D eigenvalue weighted by Gasteiger charge is -2.08. The van der Waals surface area contributed by atoms with Crippen molar-refractivity contribution in [3.8, 4) is 11.1 Å². The van der Waals surface area contributed by atoms with Gasteiger partial charge in [0.25, 0.3) is 0 Å². The fraction of sp³-hybridized carbons (Fsp3) is 0.250. The number of nitrogens with one attached hydrogen (secondary N) is 1. The number of hydrogen-bond acceptors (Lipinski definition) is 1. The summed E-state index contributed by atoms with van der Waals surface area (Å²) in [6.07, 6.45) is 1.00. The molecule has 0 aliphatic heterocycles. The number of rotatable bonds is 4. The lowest BCUT2D eigenvalue weighted by atomic mass is 10.0. The first-order valence-electron chi connectivity index (χ1n) is 6.89.